The van der Waals surface area contributed by atoms with Gasteiger partial charge >= 0.3 is 5.97 Å². The van der Waals surface area contributed by atoms with Crippen LogP contribution in [-0.2, 0) is 21.9 Å². The molecule has 1 heterocycles. The van der Waals surface area contributed by atoms with E-state index in [4.69, 9.17) is 5.11 Å². The number of hydrogen-bond acceptors (Lipinski definition) is 4. The average Bonchev–Trinajstić information content (AvgIpc) is 2.58. The first-order valence-corrected chi connectivity index (χ1v) is 7.87. The van der Waals surface area contributed by atoms with Gasteiger partial charge in [0.05, 0.1) is 17.3 Å². The molecule has 0 bridgehead atoms. The Morgan fingerprint density at radius 3 is 2.50 bits per heavy atom. The lowest BCUT2D eigenvalue weighted by Gasteiger charge is -2.08. The maximum atomic E-state index is 12.2. The van der Waals surface area contributed by atoms with Crippen molar-refractivity contribution in [1.29, 1.82) is 0 Å². The van der Waals surface area contributed by atoms with Crippen molar-refractivity contribution in [2.24, 2.45) is 13.0 Å². The minimum absolute atomic E-state index is 0.200. The van der Waals surface area contributed by atoms with Gasteiger partial charge in [0.1, 0.15) is 4.90 Å². The third-order valence-electron chi connectivity index (χ3n) is 3.24. The lowest BCUT2D eigenvalue weighted by Crippen LogP contribution is -2.26. The second kappa shape index (κ2) is 6.36. The zero-order chi connectivity index (χ0) is 15.5. The van der Waals surface area contributed by atoms with E-state index >= 15 is 0 Å². The smallest absolute Gasteiger partial charge is 0.306 e. The molecule has 0 amide bonds. The molecule has 1 atom stereocenters. The molecule has 20 heavy (non-hydrogen) atoms. The third-order valence-corrected chi connectivity index (χ3v) is 4.95. The summed E-state index contributed by atoms with van der Waals surface area (Å²) in [5, 5.41) is 12.8. The summed E-state index contributed by atoms with van der Waals surface area (Å²) in [6.45, 7) is 5.16. The van der Waals surface area contributed by atoms with Crippen molar-refractivity contribution >= 4 is 16.0 Å². The number of carboxylic acid groups (broad SMARTS) is 1. The summed E-state index contributed by atoms with van der Waals surface area (Å²) in [6.07, 6.45) is 0.911. The van der Waals surface area contributed by atoms with E-state index in [1.165, 1.54) is 4.68 Å². The number of nitrogens with one attached hydrogen (secondary N) is 1. The summed E-state index contributed by atoms with van der Waals surface area (Å²) in [6, 6.07) is 0. The fourth-order valence-corrected chi connectivity index (χ4v) is 3.46. The molecule has 0 radical (unpaired) electrons. The molecule has 0 aliphatic carbocycles. The molecule has 8 heteroatoms. The van der Waals surface area contributed by atoms with Gasteiger partial charge in [-0.1, -0.05) is 6.92 Å². The summed E-state index contributed by atoms with van der Waals surface area (Å²) in [5.41, 5.74) is 1.03. The summed E-state index contributed by atoms with van der Waals surface area (Å²) in [7, 11) is -1.91. The van der Waals surface area contributed by atoms with Crippen LogP contribution in [0.25, 0.3) is 0 Å². The van der Waals surface area contributed by atoms with Gasteiger partial charge in [-0.25, -0.2) is 13.1 Å². The molecule has 0 spiro atoms. The normalized spacial score (nSPS) is 13.4. The van der Waals surface area contributed by atoms with Gasteiger partial charge in [-0.2, -0.15) is 5.10 Å². The topological polar surface area (TPSA) is 101 Å². The number of aromatic nitrogens is 2. The number of nitrogens with zero attached hydrogens (tertiary/aromatic N) is 2. The van der Waals surface area contributed by atoms with Crippen LogP contribution in [0.5, 0.6) is 0 Å². The molecule has 0 fully saturated rings. The number of carbonyl (C=O) groups is 1. The van der Waals surface area contributed by atoms with E-state index < -0.39 is 21.9 Å². The Balaban J connectivity index is 2.65. The molecule has 0 saturated heterocycles. The van der Waals surface area contributed by atoms with Crippen molar-refractivity contribution in [3.05, 3.63) is 11.4 Å². The molecular formula is C12H21N3O4S. The molecule has 2 N–H and O–H groups in total. The Kier molecular flexibility index (Phi) is 5.29. The molecule has 0 saturated carbocycles. The summed E-state index contributed by atoms with van der Waals surface area (Å²) in [5.74, 6) is -1.34. The van der Waals surface area contributed by atoms with Crippen LogP contribution in [-0.4, -0.2) is 35.8 Å². The quantitative estimate of drug-likeness (QED) is 0.726. The van der Waals surface area contributed by atoms with E-state index in [2.05, 4.69) is 9.82 Å². The first-order chi connectivity index (χ1) is 9.16. The molecule has 0 aromatic carbocycles. The van der Waals surface area contributed by atoms with Crippen LogP contribution in [0.4, 0.5) is 0 Å². The van der Waals surface area contributed by atoms with Crippen LogP contribution in [0.15, 0.2) is 4.90 Å². The standard InChI is InChI=1S/C12H21N3O4S/c1-8(12(16)17)6-5-7-13-20(18,19)11-9(2)14-15(4)10(11)3/h8,13H,5-7H2,1-4H3,(H,16,17). The van der Waals surface area contributed by atoms with Crippen molar-refractivity contribution in [2.75, 3.05) is 6.54 Å². The molecule has 0 aliphatic heterocycles. The zero-order valence-electron chi connectivity index (χ0n) is 12.2. The van der Waals surface area contributed by atoms with Gasteiger partial charge in [-0.15, -0.1) is 0 Å². The van der Waals surface area contributed by atoms with Crippen LogP contribution in [0.2, 0.25) is 0 Å². The molecule has 0 aliphatic rings. The lowest BCUT2D eigenvalue weighted by molar-refractivity contribution is -0.141. The van der Waals surface area contributed by atoms with E-state index in [-0.39, 0.29) is 11.4 Å². The highest BCUT2D eigenvalue weighted by Gasteiger charge is 2.23. The molecule has 114 valence electrons. The fourth-order valence-electron chi connectivity index (χ4n) is 1.95. The molecular weight excluding hydrogens is 282 g/mol. The number of hydrogen-bond donors (Lipinski definition) is 2. The van der Waals surface area contributed by atoms with Gasteiger partial charge in [-0.3, -0.25) is 9.48 Å². The van der Waals surface area contributed by atoms with Gasteiger partial charge in [0, 0.05) is 13.6 Å². The number of aryl methyl sites for hydroxylation is 2. The molecule has 1 unspecified atom stereocenters. The highest BCUT2D eigenvalue weighted by molar-refractivity contribution is 7.89. The van der Waals surface area contributed by atoms with Crippen molar-refractivity contribution in [3.63, 3.8) is 0 Å². The Morgan fingerprint density at radius 1 is 1.45 bits per heavy atom. The fraction of sp³-hybridized carbons (Fsp3) is 0.667. The van der Waals surface area contributed by atoms with Gasteiger partial charge in [0.15, 0.2) is 0 Å². The maximum Gasteiger partial charge on any atom is 0.306 e. The largest absolute Gasteiger partial charge is 0.481 e. The minimum atomic E-state index is -3.60. The Morgan fingerprint density at radius 2 is 2.05 bits per heavy atom. The van der Waals surface area contributed by atoms with Gasteiger partial charge in [-0.05, 0) is 26.7 Å². The number of carboxylic acids is 1. The van der Waals surface area contributed by atoms with Gasteiger partial charge < -0.3 is 5.11 Å². The third kappa shape index (κ3) is 3.80. The van der Waals surface area contributed by atoms with E-state index in [1.54, 1.807) is 27.8 Å². The van der Waals surface area contributed by atoms with Crippen LogP contribution >= 0.6 is 0 Å². The number of aliphatic carboxylic acids is 1. The van der Waals surface area contributed by atoms with Crippen LogP contribution in [0.3, 0.4) is 0 Å². The van der Waals surface area contributed by atoms with Crippen molar-refractivity contribution in [2.45, 2.75) is 38.5 Å². The van der Waals surface area contributed by atoms with Crippen molar-refractivity contribution in [1.82, 2.24) is 14.5 Å². The zero-order valence-corrected chi connectivity index (χ0v) is 13.0. The Hall–Kier alpha value is -1.41. The molecule has 1 aromatic heterocycles. The molecule has 7 nitrogen and oxygen atoms in total. The van der Waals surface area contributed by atoms with Crippen molar-refractivity contribution in [3.8, 4) is 0 Å². The van der Waals surface area contributed by atoms with Gasteiger partial charge in [0.25, 0.3) is 0 Å². The van der Waals surface area contributed by atoms with Crippen molar-refractivity contribution < 1.29 is 18.3 Å². The van der Waals surface area contributed by atoms with Crippen LogP contribution < -0.4 is 4.72 Å². The number of sulfonamides is 1. The molecule has 1 aromatic rings. The number of rotatable bonds is 7. The molecule has 1 rings (SSSR count). The Bertz CT molecular complexity index is 592. The van der Waals surface area contributed by atoms with E-state index in [0.717, 1.165) is 0 Å². The second-order valence-electron chi connectivity index (χ2n) is 4.90. The summed E-state index contributed by atoms with van der Waals surface area (Å²) >= 11 is 0. The Labute approximate surface area is 119 Å². The highest BCUT2D eigenvalue weighted by Crippen LogP contribution is 2.18. The van der Waals surface area contributed by atoms with E-state index in [0.29, 0.717) is 24.2 Å². The summed E-state index contributed by atoms with van der Waals surface area (Å²) < 4.78 is 28.4. The SMILES string of the molecule is Cc1nn(C)c(C)c1S(=O)(=O)NCCCC(C)C(=O)O. The first kappa shape index (κ1) is 16.6. The highest BCUT2D eigenvalue weighted by atomic mass is 32.2. The first-order valence-electron chi connectivity index (χ1n) is 6.39. The predicted molar refractivity (Wildman–Crippen MR) is 73.9 cm³/mol. The average molecular weight is 303 g/mol. The summed E-state index contributed by atoms with van der Waals surface area (Å²) in [4.78, 5) is 10.9. The minimum Gasteiger partial charge on any atom is -0.481 e. The van der Waals surface area contributed by atoms with E-state index in [9.17, 15) is 13.2 Å². The monoisotopic (exact) mass is 303 g/mol. The van der Waals surface area contributed by atoms with Gasteiger partial charge in [0.2, 0.25) is 10.0 Å². The predicted octanol–water partition coefficient (Wildman–Crippen LogP) is 0.816. The second-order valence-corrected chi connectivity index (χ2v) is 6.61. The van der Waals surface area contributed by atoms with Crippen LogP contribution in [0.1, 0.15) is 31.2 Å². The van der Waals surface area contributed by atoms with Crippen LogP contribution in [0, 0.1) is 19.8 Å². The maximum absolute atomic E-state index is 12.2. The van der Waals surface area contributed by atoms with E-state index in [1.807, 2.05) is 0 Å². The lowest BCUT2D eigenvalue weighted by atomic mass is 10.1.